The monoisotopic (exact) mass is 238 g/mol. The second-order valence-corrected chi connectivity index (χ2v) is 4.30. The van der Waals surface area contributed by atoms with Crippen molar-refractivity contribution in [2.75, 3.05) is 19.0 Å². The third kappa shape index (κ3) is 3.09. The van der Waals surface area contributed by atoms with Crippen LogP contribution in [0.2, 0.25) is 0 Å². The Hall–Kier alpha value is -1.29. The number of methoxy groups -OCH3 is 1. The van der Waals surface area contributed by atoms with E-state index in [4.69, 9.17) is 4.74 Å². The number of nitrogens with one attached hydrogen (secondary N) is 1. The summed E-state index contributed by atoms with van der Waals surface area (Å²) in [5, 5.41) is 12.9. The average molecular weight is 238 g/mol. The third-order valence-corrected chi connectivity index (χ3v) is 3.28. The summed E-state index contributed by atoms with van der Waals surface area (Å²) in [5.41, 5.74) is 1.52. The van der Waals surface area contributed by atoms with Gasteiger partial charge in [-0.05, 0) is 25.8 Å². The summed E-state index contributed by atoms with van der Waals surface area (Å²) in [7, 11) is 1.62. The van der Waals surface area contributed by atoms with Gasteiger partial charge in [-0.15, -0.1) is 0 Å². The van der Waals surface area contributed by atoms with Crippen LogP contribution in [-0.2, 0) is 0 Å². The van der Waals surface area contributed by atoms with Crippen LogP contribution in [0.3, 0.4) is 0 Å². The summed E-state index contributed by atoms with van der Waals surface area (Å²) in [6.45, 7) is 6.16. The molecule has 1 heterocycles. The first-order chi connectivity index (χ1) is 8.10. The summed E-state index contributed by atoms with van der Waals surface area (Å²) < 4.78 is 5.27. The van der Waals surface area contributed by atoms with Gasteiger partial charge in [0.2, 0.25) is 0 Å². The molecule has 0 aliphatic heterocycles. The normalized spacial score (nSPS) is 11.4. The van der Waals surface area contributed by atoms with Crippen LogP contribution in [0.15, 0.2) is 12.3 Å². The van der Waals surface area contributed by atoms with Gasteiger partial charge in [0.1, 0.15) is 0 Å². The topological polar surface area (TPSA) is 54.4 Å². The molecule has 96 valence electrons. The van der Waals surface area contributed by atoms with E-state index in [1.807, 2.05) is 13.0 Å². The maximum Gasteiger partial charge on any atom is 0.160 e. The lowest BCUT2D eigenvalue weighted by molar-refractivity contribution is 0.202. The molecule has 0 aliphatic rings. The fourth-order valence-corrected chi connectivity index (χ4v) is 1.78. The Balaban J connectivity index is 3.03. The van der Waals surface area contributed by atoms with Crippen LogP contribution < -0.4 is 10.1 Å². The van der Waals surface area contributed by atoms with Crippen molar-refractivity contribution in [2.24, 2.45) is 0 Å². The van der Waals surface area contributed by atoms with Crippen LogP contribution in [-0.4, -0.2) is 29.3 Å². The van der Waals surface area contributed by atoms with Crippen molar-refractivity contribution < 1.29 is 9.84 Å². The number of aryl methyl sites for hydroxylation is 1. The van der Waals surface area contributed by atoms with Gasteiger partial charge in [-0.25, -0.2) is 0 Å². The summed E-state index contributed by atoms with van der Waals surface area (Å²) in [4.78, 5) is 4.19. The van der Waals surface area contributed by atoms with E-state index < -0.39 is 0 Å². The van der Waals surface area contributed by atoms with E-state index >= 15 is 0 Å². The number of aromatic nitrogens is 1. The molecule has 0 radical (unpaired) electrons. The summed E-state index contributed by atoms with van der Waals surface area (Å²) >= 11 is 0. The molecule has 1 aromatic heterocycles. The quantitative estimate of drug-likeness (QED) is 0.799. The predicted molar refractivity (Wildman–Crippen MR) is 69.5 cm³/mol. The zero-order valence-electron chi connectivity index (χ0n) is 11.1. The molecule has 0 unspecified atom stereocenters. The molecule has 17 heavy (non-hydrogen) atoms. The fourth-order valence-electron chi connectivity index (χ4n) is 1.78. The van der Waals surface area contributed by atoms with Gasteiger partial charge < -0.3 is 15.2 Å². The van der Waals surface area contributed by atoms with Gasteiger partial charge in [-0.1, -0.05) is 13.8 Å². The zero-order valence-corrected chi connectivity index (χ0v) is 11.1. The van der Waals surface area contributed by atoms with Crippen LogP contribution in [0.1, 0.15) is 32.4 Å². The molecule has 0 atom stereocenters. The van der Waals surface area contributed by atoms with E-state index in [0.29, 0.717) is 5.75 Å². The van der Waals surface area contributed by atoms with Crippen LogP contribution in [0.25, 0.3) is 0 Å². The Kier molecular flexibility index (Phi) is 4.75. The van der Waals surface area contributed by atoms with Crippen LogP contribution in [0.4, 0.5) is 5.69 Å². The van der Waals surface area contributed by atoms with E-state index in [1.165, 1.54) is 0 Å². The first-order valence-electron chi connectivity index (χ1n) is 6.00. The fraction of sp³-hybridized carbons (Fsp3) is 0.615. The Morgan fingerprint density at radius 3 is 2.53 bits per heavy atom. The van der Waals surface area contributed by atoms with Crippen LogP contribution >= 0.6 is 0 Å². The highest BCUT2D eigenvalue weighted by Gasteiger charge is 2.26. The summed E-state index contributed by atoms with van der Waals surface area (Å²) in [5.74, 6) is 0.704. The molecule has 0 fully saturated rings. The van der Waals surface area contributed by atoms with E-state index in [-0.39, 0.29) is 12.1 Å². The molecule has 0 saturated carbocycles. The predicted octanol–water partition coefficient (Wildman–Crippen LogP) is 2.36. The molecule has 4 heteroatoms. The second-order valence-electron chi connectivity index (χ2n) is 4.30. The highest BCUT2D eigenvalue weighted by Crippen LogP contribution is 2.29. The van der Waals surface area contributed by atoms with E-state index in [0.717, 1.165) is 24.2 Å². The molecule has 2 N–H and O–H groups in total. The summed E-state index contributed by atoms with van der Waals surface area (Å²) in [6.07, 6.45) is 3.40. The minimum atomic E-state index is -0.291. The largest absolute Gasteiger partial charge is 0.493 e. The molecule has 0 bridgehead atoms. The van der Waals surface area contributed by atoms with E-state index in [1.54, 1.807) is 13.3 Å². The lowest BCUT2D eigenvalue weighted by atomic mass is 9.93. The number of anilines is 1. The average Bonchev–Trinajstić information content (AvgIpc) is 2.36. The first kappa shape index (κ1) is 13.8. The smallest absolute Gasteiger partial charge is 0.160 e. The molecule has 1 rings (SSSR count). The molecule has 4 nitrogen and oxygen atoms in total. The van der Waals surface area contributed by atoms with Gasteiger partial charge in [0, 0.05) is 5.69 Å². The maximum atomic E-state index is 9.55. The Labute approximate surface area is 103 Å². The minimum Gasteiger partial charge on any atom is -0.493 e. The number of hydrogen-bond acceptors (Lipinski definition) is 4. The lowest BCUT2D eigenvalue weighted by Crippen LogP contribution is -2.40. The van der Waals surface area contributed by atoms with Gasteiger partial charge in [0.15, 0.2) is 5.75 Å². The molecule has 0 spiro atoms. The molecular formula is C13H22N2O2. The van der Waals surface area contributed by atoms with Crippen molar-refractivity contribution >= 4 is 5.69 Å². The third-order valence-electron chi connectivity index (χ3n) is 3.28. The number of pyridine rings is 1. The zero-order chi connectivity index (χ0) is 12.9. The van der Waals surface area contributed by atoms with Crippen molar-refractivity contribution in [3.8, 4) is 5.75 Å². The van der Waals surface area contributed by atoms with Gasteiger partial charge in [0.05, 0.1) is 31.1 Å². The Morgan fingerprint density at radius 1 is 1.41 bits per heavy atom. The lowest BCUT2D eigenvalue weighted by Gasteiger charge is -2.32. The van der Waals surface area contributed by atoms with Gasteiger partial charge in [-0.3, -0.25) is 4.98 Å². The van der Waals surface area contributed by atoms with Crippen molar-refractivity contribution in [1.29, 1.82) is 0 Å². The molecule has 0 aromatic carbocycles. The van der Waals surface area contributed by atoms with E-state index in [2.05, 4.69) is 24.1 Å². The van der Waals surface area contributed by atoms with E-state index in [9.17, 15) is 5.11 Å². The molecule has 0 aliphatic carbocycles. The van der Waals surface area contributed by atoms with Crippen molar-refractivity contribution in [3.05, 3.63) is 18.0 Å². The molecule has 0 amide bonds. The van der Waals surface area contributed by atoms with Crippen LogP contribution in [0.5, 0.6) is 5.75 Å². The molecule has 1 aromatic rings. The van der Waals surface area contributed by atoms with Crippen molar-refractivity contribution in [3.63, 3.8) is 0 Å². The molecule has 0 saturated heterocycles. The van der Waals surface area contributed by atoms with Gasteiger partial charge in [0.25, 0.3) is 0 Å². The first-order valence-corrected chi connectivity index (χ1v) is 6.00. The number of ether oxygens (including phenoxy) is 1. The number of hydrogen-bond donors (Lipinski definition) is 2. The highest BCUT2D eigenvalue weighted by molar-refractivity contribution is 5.57. The van der Waals surface area contributed by atoms with Crippen molar-refractivity contribution in [2.45, 2.75) is 39.2 Å². The van der Waals surface area contributed by atoms with Gasteiger partial charge in [-0.2, -0.15) is 0 Å². The number of aliphatic hydroxyl groups excluding tert-OH is 1. The standard InChI is InChI=1S/C13H22N2O2/c1-5-13(6-2,9-16)15-11-7-10(3)14-8-12(11)17-4/h7-8,16H,5-6,9H2,1-4H3,(H,14,15). The number of rotatable bonds is 6. The second kappa shape index (κ2) is 5.87. The number of nitrogens with zero attached hydrogens (tertiary/aromatic N) is 1. The Morgan fingerprint density at radius 2 is 2.06 bits per heavy atom. The maximum absolute atomic E-state index is 9.55. The number of aliphatic hydroxyl groups is 1. The SMILES string of the molecule is CCC(CC)(CO)Nc1cc(C)ncc1OC. The highest BCUT2D eigenvalue weighted by atomic mass is 16.5. The van der Waals surface area contributed by atoms with Crippen molar-refractivity contribution in [1.82, 2.24) is 4.98 Å². The molecular weight excluding hydrogens is 216 g/mol. The van der Waals surface area contributed by atoms with Gasteiger partial charge >= 0.3 is 0 Å². The Bertz CT molecular complexity index is 354. The minimum absolute atomic E-state index is 0.102. The van der Waals surface area contributed by atoms with Crippen LogP contribution in [0, 0.1) is 6.92 Å². The summed E-state index contributed by atoms with van der Waals surface area (Å²) in [6, 6.07) is 1.94.